The smallest absolute Gasteiger partial charge is 0.311 e. The zero-order valence-corrected chi connectivity index (χ0v) is 9.16. The molecule has 0 aromatic heterocycles. The molecule has 0 saturated carbocycles. The highest BCUT2D eigenvalue weighted by atomic mass is 35.5. The van der Waals surface area contributed by atoms with E-state index in [-0.39, 0.29) is 11.8 Å². The summed E-state index contributed by atoms with van der Waals surface area (Å²) in [6, 6.07) is 6.57. The highest BCUT2D eigenvalue weighted by Crippen LogP contribution is 2.18. The fraction of sp³-hybridized carbons (Fsp3) is 0.167. The predicted octanol–water partition coefficient (Wildman–Crippen LogP) is 2.74. The minimum absolute atomic E-state index is 0.179. The molecule has 82 valence electrons. The summed E-state index contributed by atoms with van der Waals surface area (Å²) in [5.74, 6) is -0.0264. The van der Waals surface area contributed by atoms with Crippen LogP contribution in [0.2, 0.25) is 5.02 Å². The molecule has 4 heteroatoms. The monoisotopic (exact) mass is 236 g/mol. The van der Waals surface area contributed by atoms with Gasteiger partial charge in [-0.05, 0) is 24.3 Å². The maximum absolute atomic E-state index is 11.7. The van der Waals surface area contributed by atoms with Gasteiger partial charge in [0.2, 0.25) is 0 Å². The quantitative estimate of drug-likeness (QED) is 0.451. The van der Waals surface area contributed by atoms with Crippen LogP contribution in [0, 0.1) is 0 Å². The number of hydrogen-bond donors (Lipinski definition) is 0. The van der Waals surface area contributed by atoms with Gasteiger partial charge in [0.25, 0.3) is 0 Å². The molecule has 1 aliphatic heterocycles. The van der Waals surface area contributed by atoms with Gasteiger partial charge in [0.1, 0.15) is 5.76 Å². The van der Waals surface area contributed by atoms with Gasteiger partial charge in [-0.2, -0.15) is 0 Å². The van der Waals surface area contributed by atoms with E-state index in [1.165, 1.54) is 6.08 Å². The number of ether oxygens (including phenoxy) is 1. The van der Waals surface area contributed by atoms with Crippen LogP contribution in [0.3, 0.4) is 0 Å². The summed E-state index contributed by atoms with van der Waals surface area (Å²) in [4.78, 5) is 22.5. The van der Waals surface area contributed by atoms with Crippen molar-refractivity contribution in [3.8, 4) is 0 Å². The van der Waals surface area contributed by atoms with Crippen molar-refractivity contribution in [3.05, 3.63) is 46.7 Å². The fourth-order valence-corrected chi connectivity index (χ4v) is 1.54. The number of ketones is 1. The third kappa shape index (κ3) is 2.49. The first-order valence-corrected chi connectivity index (χ1v) is 5.24. The molecule has 16 heavy (non-hydrogen) atoms. The summed E-state index contributed by atoms with van der Waals surface area (Å²) < 4.78 is 4.85. The molecule has 0 aliphatic carbocycles. The molecule has 0 bridgehead atoms. The van der Waals surface area contributed by atoms with Gasteiger partial charge in [-0.25, -0.2) is 0 Å². The summed E-state index contributed by atoms with van der Waals surface area (Å²) >= 11 is 5.71. The van der Waals surface area contributed by atoms with E-state index in [1.54, 1.807) is 24.3 Å². The lowest BCUT2D eigenvalue weighted by molar-refractivity contribution is -0.135. The topological polar surface area (TPSA) is 43.4 Å². The number of esters is 1. The number of hydrogen-bond acceptors (Lipinski definition) is 3. The maximum atomic E-state index is 11.7. The van der Waals surface area contributed by atoms with Crippen LogP contribution >= 0.6 is 11.6 Å². The van der Waals surface area contributed by atoms with Crippen molar-refractivity contribution in [2.45, 2.75) is 12.8 Å². The molecule has 3 nitrogen and oxygen atoms in total. The van der Waals surface area contributed by atoms with Crippen molar-refractivity contribution in [2.24, 2.45) is 0 Å². The van der Waals surface area contributed by atoms with Crippen LogP contribution < -0.4 is 0 Å². The van der Waals surface area contributed by atoms with Crippen molar-refractivity contribution < 1.29 is 14.3 Å². The van der Waals surface area contributed by atoms with Crippen molar-refractivity contribution in [1.29, 1.82) is 0 Å². The van der Waals surface area contributed by atoms with Crippen molar-refractivity contribution >= 4 is 23.4 Å². The Balaban J connectivity index is 2.14. The summed E-state index contributed by atoms with van der Waals surface area (Å²) in [5.41, 5.74) is 0.528. The molecular weight excluding hydrogens is 228 g/mol. The molecule has 1 fully saturated rings. The Hall–Kier alpha value is -1.61. The van der Waals surface area contributed by atoms with Crippen molar-refractivity contribution in [3.63, 3.8) is 0 Å². The van der Waals surface area contributed by atoms with E-state index in [1.807, 2.05) is 0 Å². The molecule has 0 unspecified atom stereocenters. The minimum atomic E-state index is -0.282. The molecule has 1 heterocycles. The van der Waals surface area contributed by atoms with Crippen LogP contribution in [-0.2, 0) is 9.53 Å². The molecular formula is C12H9ClO3. The largest absolute Gasteiger partial charge is 0.431 e. The van der Waals surface area contributed by atoms with E-state index in [9.17, 15) is 9.59 Å². The average molecular weight is 237 g/mol. The number of halogens is 1. The Morgan fingerprint density at radius 3 is 2.50 bits per heavy atom. The molecule has 1 aromatic carbocycles. The van der Waals surface area contributed by atoms with E-state index in [0.29, 0.717) is 29.2 Å². The highest BCUT2D eigenvalue weighted by Gasteiger charge is 2.18. The molecule has 1 saturated heterocycles. The second-order valence-corrected chi connectivity index (χ2v) is 3.89. The van der Waals surface area contributed by atoms with Crippen LogP contribution in [0.1, 0.15) is 23.2 Å². The van der Waals surface area contributed by atoms with Gasteiger partial charge in [-0.15, -0.1) is 0 Å². The number of cyclic esters (lactones) is 1. The Kier molecular flexibility index (Phi) is 3.06. The first-order valence-electron chi connectivity index (χ1n) is 4.86. The van der Waals surface area contributed by atoms with Gasteiger partial charge >= 0.3 is 5.97 Å². The minimum Gasteiger partial charge on any atom is -0.431 e. The first-order chi connectivity index (χ1) is 7.65. The third-order valence-corrected chi connectivity index (χ3v) is 2.49. The van der Waals surface area contributed by atoms with Crippen molar-refractivity contribution in [2.75, 3.05) is 0 Å². The standard InChI is InChI=1S/C12H9ClO3/c13-9-3-1-8(2-4-9)11(14)7-10-5-6-12(15)16-10/h1-4,7H,5-6H2/b10-7-. The lowest BCUT2D eigenvalue weighted by Gasteiger charge is -1.98. The van der Waals surface area contributed by atoms with Crippen molar-refractivity contribution in [1.82, 2.24) is 0 Å². The molecule has 2 rings (SSSR count). The normalized spacial score (nSPS) is 17.6. The summed E-state index contributed by atoms with van der Waals surface area (Å²) in [7, 11) is 0. The summed E-state index contributed by atoms with van der Waals surface area (Å²) in [6.07, 6.45) is 2.20. The van der Waals surface area contributed by atoms with E-state index >= 15 is 0 Å². The predicted molar refractivity (Wildman–Crippen MR) is 59.2 cm³/mol. The molecule has 0 radical (unpaired) electrons. The lowest BCUT2D eigenvalue weighted by atomic mass is 10.1. The van der Waals surface area contributed by atoms with Crippen LogP contribution in [0.25, 0.3) is 0 Å². The van der Waals surface area contributed by atoms with Crippen LogP contribution in [0.15, 0.2) is 36.1 Å². The van der Waals surface area contributed by atoms with Crippen LogP contribution in [0.5, 0.6) is 0 Å². The first kappa shape index (κ1) is 10.9. The SMILES string of the molecule is O=C1CC/C(=C/C(=O)c2ccc(Cl)cc2)O1. The molecule has 0 amide bonds. The molecule has 0 N–H and O–H groups in total. The van der Waals surface area contributed by atoms with Gasteiger partial charge in [0.05, 0.1) is 6.42 Å². The number of allylic oxidation sites excluding steroid dienone is 2. The van der Waals surface area contributed by atoms with Crippen LogP contribution in [-0.4, -0.2) is 11.8 Å². The fourth-order valence-electron chi connectivity index (χ4n) is 1.42. The van der Waals surface area contributed by atoms with Gasteiger partial charge < -0.3 is 4.74 Å². The highest BCUT2D eigenvalue weighted by molar-refractivity contribution is 6.30. The number of carbonyl (C=O) groups is 2. The Labute approximate surface area is 97.7 Å². The molecule has 0 spiro atoms. The number of carbonyl (C=O) groups excluding carboxylic acids is 2. The zero-order valence-electron chi connectivity index (χ0n) is 8.40. The summed E-state index contributed by atoms with van der Waals surface area (Å²) in [6.45, 7) is 0. The maximum Gasteiger partial charge on any atom is 0.311 e. The Bertz CT molecular complexity index is 460. The molecule has 1 aliphatic rings. The van der Waals surface area contributed by atoms with E-state index in [4.69, 9.17) is 16.3 Å². The average Bonchev–Trinajstić information content (AvgIpc) is 2.65. The van der Waals surface area contributed by atoms with E-state index in [0.717, 1.165) is 0 Å². The molecule has 1 aromatic rings. The van der Waals surface area contributed by atoms with Gasteiger partial charge in [-0.1, -0.05) is 11.6 Å². The number of benzene rings is 1. The second kappa shape index (κ2) is 4.49. The van der Waals surface area contributed by atoms with Crippen LogP contribution in [0.4, 0.5) is 0 Å². The second-order valence-electron chi connectivity index (χ2n) is 3.46. The van der Waals surface area contributed by atoms with Gasteiger partial charge in [-0.3, -0.25) is 9.59 Å². The van der Waals surface area contributed by atoms with Gasteiger partial charge in [0, 0.05) is 23.1 Å². The lowest BCUT2D eigenvalue weighted by Crippen LogP contribution is -1.97. The Morgan fingerprint density at radius 1 is 1.25 bits per heavy atom. The Morgan fingerprint density at radius 2 is 1.94 bits per heavy atom. The molecule has 0 atom stereocenters. The van der Waals surface area contributed by atoms with Gasteiger partial charge in [0.15, 0.2) is 5.78 Å². The zero-order chi connectivity index (χ0) is 11.5. The van der Waals surface area contributed by atoms with E-state index < -0.39 is 0 Å². The van der Waals surface area contributed by atoms with E-state index in [2.05, 4.69) is 0 Å². The third-order valence-electron chi connectivity index (χ3n) is 2.24. The number of rotatable bonds is 2. The summed E-state index contributed by atoms with van der Waals surface area (Å²) in [5, 5.41) is 0.580.